The standard InChI is InChI=1S/C8H5ClF3NO/c9-4-2-1-3-5(10)6(4)13-8(14)7(11)12/h1-3,7H,(H,13,14). The maximum Gasteiger partial charge on any atom is 0.315 e. The van der Waals surface area contributed by atoms with E-state index >= 15 is 0 Å². The minimum Gasteiger partial charge on any atom is -0.317 e. The van der Waals surface area contributed by atoms with Crippen molar-refractivity contribution in [2.45, 2.75) is 6.43 Å². The highest BCUT2D eigenvalue weighted by Crippen LogP contribution is 2.24. The van der Waals surface area contributed by atoms with Gasteiger partial charge in [0.2, 0.25) is 0 Å². The van der Waals surface area contributed by atoms with Gasteiger partial charge in [0.25, 0.3) is 5.91 Å². The van der Waals surface area contributed by atoms with Crippen molar-refractivity contribution in [1.29, 1.82) is 0 Å². The highest BCUT2D eigenvalue weighted by atomic mass is 35.5. The van der Waals surface area contributed by atoms with E-state index in [4.69, 9.17) is 11.6 Å². The molecule has 6 heteroatoms. The number of hydrogen-bond donors (Lipinski definition) is 1. The number of benzene rings is 1. The smallest absolute Gasteiger partial charge is 0.315 e. The first-order chi connectivity index (χ1) is 6.52. The number of carbonyl (C=O) groups is 1. The summed E-state index contributed by atoms with van der Waals surface area (Å²) in [7, 11) is 0. The summed E-state index contributed by atoms with van der Waals surface area (Å²) in [5.41, 5.74) is -0.431. The zero-order chi connectivity index (χ0) is 10.7. The molecule has 1 rings (SSSR count). The molecule has 1 amide bonds. The SMILES string of the molecule is O=C(Nc1c(F)cccc1Cl)C(F)F. The quantitative estimate of drug-likeness (QED) is 0.821. The molecule has 0 aliphatic heterocycles. The van der Waals surface area contributed by atoms with Crippen molar-refractivity contribution in [3.05, 3.63) is 29.0 Å². The van der Waals surface area contributed by atoms with Crippen molar-refractivity contribution in [3.8, 4) is 0 Å². The minimum absolute atomic E-state index is 0.126. The second kappa shape index (κ2) is 4.32. The fourth-order valence-corrected chi connectivity index (χ4v) is 1.01. The fraction of sp³-hybridized carbons (Fsp3) is 0.125. The molecule has 0 aromatic heterocycles. The summed E-state index contributed by atoms with van der Waals surface area (Å²) in [5, 5.41) is 1.56. The summed E-state index contributed by atoms with van der Waals surface area (Å²) >= 11 is 5.48. The molecule has 0 aliphatic carbocycles. The Hall–Kier alpha value is -1.23. The second-order valence-corrected chi connectivity index (χ2v) is 2.79. The van der Waals surface area contributed by atoms with Gasteiger partial charge in [0.15, 0.2) is 0 Å². The van der Waals surface area contributed by atoms with Crippen LogP contribution >= 0.6 is 11.6 Å². The monoisotopic (exact) mass is 223 g/mol. The van der Waals surface area contributed by atoms with Crippen molar-refractivity contribution in [1.82, 2.24) is 0 Å². The van der Waals surface area contributed by atoms with Gasteiger partial charge in [0.1, 0.15) is 5.82 Å². The van der Waals surface area contributed by atoms with E-state index in [1.807, 2.05) is 0 Å². The molecule has 0 bridgehead atoms. The van der Waals surface area contributed by atoms with Gasteiger partial charge in [-0.05, 0) is 12.1 Å². The highest BCUT2D eigenvalue weighted by Gasteiger charge is 2.18. The molecule has 14 heavy (non-hydrogen) atoms. The molecule has 0 radical (unpaired) electrons. The largest absolute Gasteiger partial charge is 0.317 e. The molecule has 0 saturated carbocycles. The molecule has 2 nitrogen and oxygen atoms in total. The molecule has 1 aromatic carbocycles. The number of para-hydroxylation sites is 1. The Bertz CT molecular complexity index is 336. The van der Waals surface area contributed by atoms with Gasteiger partial charge in [-0.1, -0.05) is 17.7 Å². The van der Waals surface area contributed by atoms with Crippen molar-refractivity contribution < 1.29 is 18.0 Å². The average molecular weight is 224 g/mol. The number of amides is 1. The lowest BCUT2D eigenvalue weighted by Crippen LogP contribution is -2.20. The van der Waals surface area contributed by atoms with Crippen LogP contribution in [-0.2, 0) is 4.79 Å². The maximum atomic E-state index is 12.9. The van der Waals surface area contributed by atoms with E-state index in [-0.39, 0.29) is 5.02 Å². The van der Waals surface area contributed by atoms with Crippen LogP contribution in [0.2, 0.25) is 5.02 Å². The van der Waals surface area contributed by atoms with Crippen LogP contribution in [0.4, 0.5) is 18.9 Å². The number of alkyl halides is 2. The van der Waals surface area contributed by atoms with E-state index < -0.39 is 23.8 Å². The van der Waals surface area contributed by atoms with Crippen LogP contribution in [0.25, 0.3) is 0 Å². The van der Waals surface area contributed by atoms with Crippen LogP contribution in [0, 0.1) is 5.82 Å². The molecule has 0 fully saturated rings. The van der Waals surface area contributed by atoms with Crippen molar-refractivity contribution >= 4 is 23.2 Å². The van der Waals surface area contributed by atoms with Gasteiger partial charge in [-0.3, -0.25) is 4.79 Å². The third kappa shape index (κ3) is 2.38. The topological polar surface area (TPSA) is 29.1 Å². The number of nitrogens with one attached hydrogen (secondary N) is 1. The summed E-state index contributed by atoms with van der Waals surface area (Å²) < 4.78 is 36.5. The van der Waals surface area contributed by atoms with Crippen LogP contribution < -0.4 is 5.32 Å². The van der Waals surface area contributed by atoms with Gasteiger partial charge in [-0.15, -0.1) is 0 Å². The van der Waals surface area contributed by atoms with Gasteiger partial charge >= 0.3 is 6.43 Å². The van der Waals surface area contributed by atoms with Crippen LogP contribution in [0.3, 0.4) is 0 Å². The number of hydrogen-bond acceptors (Lipinski definition) is 1. The number of rotatable bonds is 2. The van der Waals surface area contributed by atoms with Gasteiger partial charge in [-0.2, -0.15) is 8.78 Å². The third-order valence-corrected chi connectivity index (χ3v) is 1.72. The van der Waals surface area contributed by atoms with E-state index in [1.54, 1.807) is 5.32 Å². The first-order valence-corrected chi connectivity index (χ1v) is 3.93. The first-order valence-electron chi connectivity index (χ1n) is 3.55. The Kier molecular flexibility index (Phi) is 3.35. The summed E-state index contributed by atoms with van der Waals surface area (Å²) in [6.07, 6.45) is -3.20. The lowest BCUT2D eigenvalue weighted by Gasteiger charge is -2.06. The second-order valence-electron chi connectivity index (χ2n) is 2.39. The third-order valence-electron chi connectivity index (χ3n) is 1.41. The molecule has 76 valence electrons. The lowest BCUT2D eigenvalue weighted by atomic mass is 10.3. The summed E-state index contributed by atoms with van der Waals surface area (Å²) in [5.74, 6) is -2.44. The average Bonchev–Trinajstić information content (AvgIpc) is 2.11. The van der Waals surface area contributed by atoms with Crippen LogP contribution in [0.1, 0.15) is 0 Å². The summed E-state index contributed by atoms with van der Waals surface area (Å²) in [4.78, 5) is 10.5. The zero-order valence-electron chi connectivity index (χ0n) is 6.73. The van der Waals surface area contributed by atoms with E-state index in [0.717, 1.165) is 6.07 Å². The fourth-order valence-electron chi connectivity index (χ4n) is 0.795. The molecule has 0 aliphatic rings. The number of carbonyl (C=O) groups excluding carboxylic acids is 1. The van der Waals surface area contributed by atoms with Gasteiger partial charge < -0.3 is 5.32 Å². The van der Waals surface area contributed by atoms with E-state index in [0.29, 0.717) is 0 Å². The van der Waals surface area contributed by atoms with Gasteiger partial charge in [0.05, 0.1) is 10.7 Å². The molecule has 0 spiro atoms. The van der Waals surface area contributed by atoms with Gasteiger partial charge in [0, 0.05) is 0 Å². The van der Waals surface area contributed by atoms with E-state index in [2.05, 4.69) is 0 Å². The number of anilines is 1. The summed E-state index contributed by atoms with van der Waals surface area (Å²) in [6, 6.07) is 3.59. The van der Waals surface area contributed by atoms with Crippen molar-refractivity contribution in [2.24, 2.45) is 0 Å². The Morgan fingerprint density at radius 2 is 2.07 bits per heavy atom. The van der Waals surface area contributed by atoms with Crippen molar-refractivity contribution in [2.75, 3.05) is 5.32 Å². The minimum atomic E-state index is -3.20. The van der Waals surface area contributed by atoms with E-state index in [1.165, 1.54) is 12.1 Å². The molecular formula is C8H5ClF3NO. The van der Waals surface area contributed by atoms with E-state index in [9.17, 15) is 18.0 Å². The zero-order valence-corrected chi connectivity index (χ0v) is 7.49. The Balaban J connectivity index is 2.91. The maximum absolute atomic E-state index is 12.9. The van der Waals surface area contributed by atoms with Crippen molar-refractivity contribution in [3.63, 3.8) is 0 Å². The van der Waals surface area contributed by atoms with Crippen LogP contribution in [-0.4, -0.2) is 12.3 Å². The van der Waals surface area contributed by atoms with Gasteiger partial charge in [-0.25, -0.2) is 4.39 Å². The van der Waals surface area contributed by atoms with Crippen LogP contribution in [0.15, 0.2) is 18.2 Å². The Labute approximate surface area is 82.7 Å². The molecule has 0 heterocycles. The summed E-state index contributed by atoms with van der Waals surface area (Å²) in [6.45, 7) is 0. The highest BCUT2D eigenvalue weighted by molar-refractivity contribution is 6.33. The predicted octanol–water partition coefficient (Wildman–Crippen LogP) is 2.68. The molecule has 0 atom stereocenters. The Morgan fingerprint density at radius 1 is 1.43 bits per heavy atom. The normalized spacial score (nSPS) is 10.4. The first kappa shape index (κ1) is 10.8. The Morgan fingerprint density at radius 3 is 2.57 bits per heavy atom. The molecular weight excluding hydrogens is 219 g/mol. The molecule has 0 unspecified atom stereocenters. The predicted molar refractivity (Wildman–Crippen MR) is 46.0 cm³/mol. The number of halogens is 4. The lowest BCUT2D eigenvalue weighted by molar-refractivity contribution is -0.126. The molecule has 1 aromatic rings. The van der Waals surface area contributed by atoms with Crippen LogP contribution in [0.5, 0.6) is 0 Å². The molecule has 0 saturated heterocycles. The molecule has 1 N–H and O–H groups in total.